The van der Waals surface area contributed by atoms with Crippen LogP contribution in [0.3, 0.4) is 0 Å². The Morgan fingerprint density at radius 3 is 2.48 bits per heavy atom. The van der Waals surface area contributed by atoms with Gasteiger partial charge in [-0.2, -0.15) is 0 Å². The number of hydrogen-bond donors (Lipinski definition) is 1. The molecule has 2 aromatic carbocycles. The lowest BCUT2D eigenvalue weighted by molar-refractivity contribution is -0.148. The highest BCUT2D eigenvalue weighted by molar-refractivity contribution is 6.26. The zero-order valence-electron chi connectivity index (χ0n) is 15.3. The number of hydrogen-bond acceptors (Lipinski definition) is 5. The van der Waals surface area contributed by atoms with E-state index in [1.807, 2.05) is 56.3 Å². The largest absolute Gasteiger partial charge is 0.493 e. The predicted octanol–water partition coefficient (Wildman–Crippen LogP) is 3.77. The highest BCUT2D eigenvalue weighted by Gasteiger charge is 2.29. The van der Waals surface area contributed by atoms with Crippen LogP contribution in [-0.4, -0.2) is 36.5 Å². The fraction of sp³-hybridized carbons (Fsp3) is 0.333. The van der Waals surface area contributed by atoms with E-state index in [-0.39, 0.29) is 17.7 Å². The van der Waals surface area contributed by atoms with Crippen molar-refractivity contribution in [2.75, 3.05) is 12.5 Å². The van der Waals surface area contributed by atoms with Crippen molar-refractivity contribution >= 4 is 23.4 Å². The van der Waals surface area contributed by atoms with Gasteiger partial charge in [0, 0.05) is 29.2 Å². The molecule has 0 heterocycles. The van der Waals surface area contributed by atoms with Crippen LogP contribution in [0, 0.1) is 0 Å². The van der Waals surface area contributed by atoms with Crippen LogP contribution in [0.2, 0.25) is 0 Å². The van der Waals surface area contributed by atoms with E-state index < -0.39 is 12.2 Å². The van der Waals surface area contributed by atoms with Crippen molar-refractivity contribution in [2.45, 2.75) is 32.5 Å². The van der Waals surface area contributed by atoms with Crippen molar-refractivity contribution in [2.24, 2.45) is 0 Å². The third-order valence-corrected chi connectivity index (χ3v) is 4.47. The zero-order valence-corrected chi connectivity index (χ0v) is 16.1. The van der Waals surface area contributed by atoms with Crippen LogP contribution >= 0.6 is 11.6 Å². The first-order chi connectivity index (χ1) is 13.0. The number of esters is 1. The molecule has 0 bridgehead atoms. The maximum absolute atomic E-state index is 12.6. The summed E-state index contributed by atoms with van der Waals surface area (Å²) in [6.07, 6.45) is -0.0259. The fourth-order valence-electron chi connectivity index (χ4n) is 3.18. The van der Waals surface area contributed by atoms with Crippen LogP contribution < -0.4 is 10.1 Å². The van der Waals surface area contributed by atoms with Gasteiger partial charge in [0.2, 0.25) is 0 Å². The number of rotatable bonds is 8. The van der Waals surface area contributed by atoms with Crippen molar-refractivity contribution in [3.05, 3.63) is 53.6 Å². The number of alkyl halides is 1. The van der Waals surface area contributed by atoms with Crippen LogP contribution in [0.5, 0.6) is 5.75 Å². The van der Waals surface area contributed by atoms with Gasteiger partial charge in [-0.3, -0.25) is 14.9 Å². The summed E-state index contributed by atoms with van der Waals surface area (Å²) < 4.78 is 11.3. The Hall–Kier alpha value is -2.37. The molecule has 0 aliphatic heterocycles. The molecule has 142 valence electrons. The van der Waals surface area contributed by atoms with E-state index in [1.165, 1.54) is 0 Å². The molecule has 0 fully saturated rings. The Labute approximate surface area is 163 Å². The summed E-state index contributed by atoms with van der Waals surface area (Å²) in [6.45, 7) is 4.26. The number of carbonyl (C=O) groups is 2. The molecule has 1 unspecified atom stereocenters. The van der Waals surface area contributed by atoms with Gasteiger partial charge in [-0.05, 0) is 25.5 Å². The van der Waals surface area contributed by atoms with Crippen LogP contribution in [0.15, 0.2) is 42.5 Å². The Balaban J connectivity index is 1.73. The van der Waals surface area contributed by atoms with Gasteiger partial charge in [0.25, 0.3) is 0 Å². The summed E-state index contributed by atoms with van der Waals surface area (Å²) in [4.78, 5) is 24.1. The second-order valence-corrected chi connectivity index (χ2v) is 6.89. The van der Waals surface area contributed by atoms with E-state index in [0.717, 1.165) is 11.1 Å². The predicted molar refractivity (Wildman–Crippen MR) is 104 cm³/mol. The Morgan fingerprint density at radius 2 is 1.78 bits per heavy atom. The molecule has 2 aromatic rings. The maximum Gasteiger partial charge on any atom is 0.322 e. The molecular formula is C21H22ClNO4. The van der Waals surface area contributed by atoms with E-state index in [0.29, 0.717) is 29.9 Å². The van der Waals surface area contributed by atoms with Crippen LogP contribution in [0.4, 0.5) is 0 Å². The molecule has 1 aliphatic carbocycles. The summed E-state index contributed by atoms with van der Waals surface area (Å²) in [5.74, 6) is -0.00321. The van der Waals surface area contributed by atoms with Gasteiger partial charge in [0.1, 0.15) is 11.6 Å². The quantitative estimate of drug-likeness (QED) is 0.362. The molecule has 0 aromatic heterocycles. The smallest absolute Gasteiger partial charge is 0.322 e. The molecule has 0 saturated carbocycles. The number of halogens is 1. The van der Waals surface area contributed by atoms with Crippen molar-refractivity contribution in [1.29, 1.82) is 0 Å². The fourth-order valence-corrected chi connectivity index (χ4v) is 3.24. The molecule has 5 nitrogen and oxygen atoms in total. The monoisotopic (exact) mass is 387 g/mol. The summed E-state index contributed by atoms with van der Waals surface area (Å²) in [6, 6.07) is 13.1. The van der Waals surface area contributed by atoms with Gasteiger partial charge in [0.15, 0.2) is 12.0 Å². The highest BCUT2D eigenvalue weighted by atomic mass is 35.5. The first-order valence-corrected chi connectivity index (χ1v) is 9.46. The number of ether oxygens (including phenoxy) is 2. The van der Waals surface area contributed by atoms with Gasteiger partial charge in [0.05, 0.1) is 6.61 Å². The number of fused-ring (bicyclic) bond motifs is 3. The summed E-state index contributed by atoms with van der Waals surface area (Å²) >= 11 is 5.52. The average Bonchev–Trinajstić information content (AvgIpc) is 2.95. The van der Waals surface area contributed by atoms with Crippen molar-refractivity contribution in [3.63, 3.8) is 0 Å². The number of carbonyl (C=O) groups excluding carboxylic acids is 2. The minimum Gasteiger partial charge on any atom is -0.493 e. The van der Waals surface area contributed by atoms with E-state index in [1.54, 1.807) is 0 Å². The van der Waals surface area contributed by atoms with Crippen LogP contribution in [-0.2, 0) is 9.53 Å². The second-order valence-electron chi connectivity index (χ2n) is 6.62. The lowest BCUT2D eigenvalue weighted by atomic mass is 10.1. The average molecular weight is 388 g/mol. The van der Waals surface area contributed by atoms with Gasteiger partial charge < -0.3 is 9.47 Å². The second kappa shape index (κ2) is 8.55. The van der Waals surface area contributed by atoms with Crippen molar-refractivity contribution < 1.29 is 19.1 Å². The third kappa shape index (κ3) is 4.31. The molecule has 27 heavy (non-hydrogen) atoms. The topological polar surface area (TPSA) is 64.6 Å². The standard InChI is InChI=1S/C21H22ClNO4/c1-13(2)23-18(27-19(24)12-22)10-11-26-17-9-5-8-16-20(17)14-6-3-4-7-15(14)21(16)25/h3-9,13,18,23H,10-12H2,1-2H3. The van der Waals surface area contributed by atoms with Gasteiger partial charge >= 0.3 is 5.97 Å². The van der Waals surface area contributed by atoms with E-state index in [2.05, 4.69) is 5.32 Å². The highest BCUT2D eigenvalue weighted by Crippen LogP contribution is 2.42. The molecule has 0 radical (unpaired) electrons. The van der Waals surface area contributed by atoms with Gasteiger partial charge in [-0.1, -0.05) is 36.4 Å². The van der Waals surface area contributed by atoms with Crippen molar-refractivity contribution in [1.82, 2.24) is 5.32 Å². The molecule has 1 aliphatic rings. The minimum atomic E-state index is -0.484. The SMILES string of the molecule is CC(C)NC(CCOc1cccc2c1-c1ccccc1C2=O)OC(=O)CCl. The van der Waals surface area contributed by atoms with E-state index >= 15 is 0 Å². The van der Waals surface area contributed by atoms with Gasteiger partial charge in [-0.15, -0.1) is 11.6 Å². The normalized spacial score (nSPS) is 13.3. The number of ketones is 1. The Bertz CT molecular complexity index is 850. The molecule has 1 N–H and O–H groups in total. The van der Waals surface area contributed by atoms with Gasteiger partial charge in [-0.25, -0.2) is 0 Å². The Morgan fingerprint density at radius 1 is 1.07 bits per heavy atom. The molecular weight excluding hydrogens is 366 g/mol. The maximum atomic E-state index is 12.6. The summed E-state index contributed by atoms with van der Waals surface area (Å²) in [5.41, 5.74) is 3.06. The molecule has 1 atom stereocenters. The summed E-state index contributed by atoms with van der Waals surface area (Å²) in [7, 11) is 0. The number of benzene rings is 2. The van der Waals surface area contributed by atoms with E-state index in [4.69, 9.17) is 21.1 Å². The third-order valence-electron chi connectivity index (χ3n) is 4.25. The molecule has 0 saturated heterocycles. The zero-order chi connectivity index (χ0) is 19.4. The first kappa shape index (κ1) is 19.4. The Kier molecular flexibility index (Phi) is 6.14. The molecule has 6 heteroatoms. The van der Waals surface area contributed by atoms with Crippen LogP contribution in [0.1, 0.15) is 36.2 Å². The first-order valence-electron chi connectivity index (χ1n) is 8.92. The molecule has 3 rings (SSSR count). The lowest BCUT2D eigenvalue weighted by Crippen LogP contribution is -2.39. The molecule has 0 spiro atoms. The minimum absolute atomic E-state index is 0.0152. The summed E-state index contributed by atoms with van der Waals surface area (Å²) in [5, 5.41) is 3.17. The van der Waals surface area contributed by atoms with E-state index in [9.17, 15) is 9.59 Å². The molecule has 0 amide bonds. The van der Waals surface area contributed by atoms with Crippen LogP contribution in [0.25, 0.3) is 11.1 Å². The number of nitrogens with one attached hydrogen (secondary N) is 1. The van der Waals surface area contributed by atoms with Crippen molar-refractivity contribution in [3.8, 4) is 16.9 Å². The lowest BCUT2D eigenvalue weighted by Gasteiger charge is -2.21.